The largest absolute Gasteiger partial charge is 0.508 e. The van der Waals surface area contributed by atoms with Gasteiger partial charge in [0.1, 0.15) is 11.5 Å². The standard InChI is InChI=1S/C22H30O2/c1-14(19-15(21(2,3)4)10-8-12-17(19)23)20-16(22(5,6)7)11-9-13-18(20)24/h8-14,23-24H,1-7H3. The minimum absolute atomic E-state index is 0.0887. The van der Waals surface area contributed by atoms with Crippen LogP contribution in [0, 0.1) is 0 Å². The van der Waals surface area contributed by atoms with Gasteiger partial charge in [0.25, 0.3) is 0 Å². The molecule has 0 atom stereocenters. The van der Waals surface area contributed by atoms with Crippen molar-refractivity contribution in [3.05, 3.63) is 58.7 Å². The summed E-state index contributed by atoms with van der Waals surface area (Å²) in [5.41, 5.74) is 3.84. The summed E-state index contributed by atoms with van der Waals surface area (Å²) in [5, 5.41) is 21.2. The third kappa shape index (κ3) is 3.43. The van der Waals surface area contributed by atoms with E-state index in [2.05, 4.69) is 60.6 Å². The minimum atomic E-state index is -0.101. The Morgan fingerprint density at radius 1 is 0.667 bits per heavy atom. The maximum atomic E-state index is 10.6. The number of phenols is 2. The Balaban J connectivity index is 2.75. The summed E-state index contributed by atoms with van der Waals surface area (Å²) in [6, 6.07) is 11.4. The Hall–Kier alpha value is -1.96. The zero-order valence-electron chi connectivity index (χ0n) is 15.9. The van der Waals surface area contributed by atoms with E-state index >= 15 is 0 Å². The van der Waals surface area contributed by atoms with Crippen molar-refractivity contribution in [2.24, 2.45) is 0 Å². The highest BCUT2D eigenvalue weighted by Gasteiger charge is 2.29. The van der Waals surface area contributed by atoms with Gasteiger partial charge in [-0.1, -0.05) is 72.7 Å². The van der Waals surface area contributed by atoms with Crippen LogP contribution >= 0.6 is 0 Å². The van der Waals surface area contributed by atoms with Crippen LogP contribution in [0.5, 0.6) is 11.5 Å². The number of phenolic OH excluding ortho intramolecular Hbond substituents is 2. The molecule has 0 aliphatic rings. The summed E-state index contributed by atoms with van der Waals surface area (Å²) in [6.45, 7) is 14.9. The molecule has 130 valence electrons. The SMILES string of the molecule is CC(c1c(O)cccc1C(C)(C)C)c1c(O)cccc1C(C)(C)C. The summed E-state index contributed by atoms with van der Waals surface area (Å²) in [5.74, 6) is 0.479. The molecule has 0 heterocycles. The van der Waals surface area contributed by atoms with Crippen LogP contribution in [0.3, 0.4) is 0 Å². The number of hydrogen-bond donors (Lipinski definition) is 2. The second-order valence-electron chi connectivity index (χ2n) is 8.70. The minimum Gasteiger partial charge on any atom is -0.508 e. The van der Waals surface area contributed by atoms with Crippen molar-refractivity contribution in [2.75, 3.05) is 0 Å². The van der Waals surface area contributed by atoms with Crippen LogP contribution in [-0.2, 0) is 10.8 Å². The summed E-state index contributed by atoms with van der Waals surface area (Å²) >= 11 is 0. The highest BCUT2D eigenvalue weighted by molar-refractivity contribution is 5.54. The van der Waals surface area contributed by atoms with E-state index in [1.54, 1.807) is 12.1 Å². The molecule has 2 heteroatoms. The average Bonchev–Trinajstić information content (AvgIpc) is 2.44. The Labute approximate surface area is 146 Å². The molecule has 2 N–H and O–H groups in total. The van der Waals surface area contributed by atoms with Gasteiger partial charge >= 0.3 is 0 Å². The zero-order chi connectivity index (χ0) is 18.3. The Morgan fingerprint density at radius 2 is 1.00 bits per heavy atom. The van der Waals surface area contributed by atoms with E-state index in [0.29, 0.717) is 0 Å². The number of benzene rings is 2. The Bertz CT molecular complexity index is 667. The monoisotopic (exact) mass is 326 g/mol. The van der Waals surface area contributed by atoms with E-state index < -0.39 is 0 Å². The highest BCUT2D eigenvalue weighted by Crippen LogP contribution is 2.44. The molecule has 2 aromatic carbocycles. The van der Waals surface area contributed by atoms with E-state index in [-0.39, 0.29) is 28.2 Å². The lowest BCUT2D eigenvalue weighted by Gasteiger charge is -2.31. The fourth-order valence-corrected chi connectivity index (χ4v) is 3.47. The first-order chi connectivity index (χ1) is 10.9. The molecule has 0 aliphatic carbocycles. The van der Waals surface area contributed by atoms with Gasteiger partial charge in [-0.2, -0.15) is 0 Å². The summed E-state index contributed by atoms with van der Waals surface area (Å²) in [7, 11) is 0. The van der Waals surface area contributed by atoms with Crippen molar-refractivity contribution in [1.29, 1.82) is 0 Å². The van der Waals surface area contributed by atoms with Gasteiger partial charge in [0, 0.05) is 17.0 Å². The molecule has 0 amide bonds. The third-order valence-electron chi connectivity index (χ3n) is 4.65. The van der Waals surface area contributed by atoms with E-state index in [9.17, 15) is 10.2 Å². The molecule has 0 bridgehead atoms. The lowest BCUT2D eigenvalue weighted by molar-refractivity contribution is 0.446. The summed E-state index contributed by atoms with van der Waals surface area (Å²) < 4.78 is 0. The molecule has 0 aromatic heterocycles. The lowest BCUT2D eigenvalue weighted by Crippen LogP contribution is -2.19. The molecule has 0 fully saturated rings. The van der Waals surface area contributed by atoms with Crippen LogP contribution in [0.4, 0.5) is 0 Å². The zero-order valence-corrected chi connectivity index (χ0v) is 15.9. The average molecular weight is 326 g/mol. The van der Waals surface area contributed by atoms with Gasteiger partial charge in [0.05, 0.1) is 0 Å². The second-order valence-corrected chi connectivity index (χ2v) is 8.70. The number of rotatable bonds is 2. The first kappa shape index (κ1) is 18.4. The molecule has 2 aromatic rings. The van der Waals surface area contributed by atoms with E-state index in [4.69, 9.17) is 0 Å². The van der Waals surface area contributed by atoms with E-state index in [1.807, 2.05) is 12.1 Å². The van der Waals surface area contributed by atoms with Gasteiger partial charge in [-0.25, -0.2) is 0 Å². The van der Waals surface area contributed by atoms with Gasteiger partial charge < -0.3 is 10.2 Å². The van der Waals surface area contributed by atoms with Crippen LogP contribution in [0.15, 0.2) is 36.4 Å². The quantitative estimate of drug-likeness (QED) is 0.727. The van der Waals surface area contributed by atoms with Crippen LogP contribution in [0.25, 0.3) is 0 Å². The molecule has 0 saturated carbocycles. The van der Waals surface area contributed by atoms with Crippen LogP contribution < -0.4 is 0 Å². The number of aromatic hydroxyl groups is 2. The second kappa shape index (κ2) is 6.16. The normalized spacial score (nSPS) is 12.7. The number of hydrogen-bond acceptors (Lipinski definition) is 2. The molecule has 2 nitrogen and oxygen atoms in total. The summed E-state index contributed by atoms with van der Waals surface area (Å²) in [6.07, 6.45) is 0. The predicted octanol–water partition coefficient (Wildman–Crippen LogP) is 5.84. The van der Waals surface area contributed by atoms with Gasteiger partial charge in [-0.3, -0.25) is 0 Å². The first-order valence-electron chi connectivity index (χ1n) is 8.59. The molecule has 0 saturated heterocycles. The molecular formula is C22H30O2. The maximum Gasteiger partial charge on any atom is 0.119 e. The van der Waals surface area contributed by atoms with Gasteiger partial charge in [0.2, 0.25) is 0 Å². The smallest absolute Gasteiger partial charge is 0.119 e. The van der Waals surface area contributed by atoms with Gasteiger partial charge in [-0.05, 0) is 34.1 Å². The van der Waals surface area contributed by atoms with Crippen molar-refractivity contribution >= 4 is 0 Å². The van der Waals surface area contributed by atoms with Crippen LogP contribution in [-0.4, -0.2) is 10.2 Å². The maximum absolute atomic E-state index is 10.6. The third-order valence-corrected chi connectivity index (χ3v) is 4.65. The van der Waals surface area contributed by atoms with E-state index in [0.717, 1.165) is 22.3 Å². The molecule has 0 aliphatic heterocycles. The van der Waals surface area contributed by atoms with Gasteiger partial charge in [0.15, 0.2) is 0 Å². The van der Waals surface area contributed by atoms with Crippen LogP contribution in [0.1, 0.15) is 76.6 Å². The Morgan fingerprint density at radius 3 is 1.29 bits per heavy atom. The van der Waals surface area contributed by atoms with Crippen LogP contribution in [0.2, 0.25) is 0 Å². The summed E-state index contributed by atoms with van der Waals surface area (Å²) in [4.78, 5) is 0. The van der Waals surface area contributed by atoms with E-state index in [1.165, 1.54) is 0 Å². The van der Waals surface area contributed by atoms with Crippen molar-refractivity contribution in [3.63, 3.8) is 0 Å². The molecule has 2 rings (SSSR count). The molecule has 0 radical (unpaired) electrons. The topological polar surface area (TPSA) is 40.5 Å². The fourth-order valence-electron chi connectivity index (χ4n) is 3.47. The fraction of sp³-hybridized carbons (Fsp3) is 0.455. The Kier molecular flexibility index (Phi) is 4.72. The lowest BCUT2D eigenvalue weighted by atomic mass is 9.74. The molecule has 0 unspecified atom stereocenters. The molecular weight excluding hydrogens is 296 g/mol. The van der Waals surface area contributed by atoms with Crippen molar-refractivity contribution in [2.45, 2.75) is 65.2 Å². The van der Waals surface area contributed by atoms with Gasteiger partial charge in [-0.15, -0.1) is 0 Å². The van der Waals surface area contributed by atoms with Crippen molar-refractivity contribution in [3.8, 4) is 11.5 Å². The highest BCUT2D eigenvalue weighted by atomic mass is 16.3. The predicted molar refractivity (Wildman–Crippen MR) is 101 cm³/mol. The van der Waals surface area contributed by atoms with Crippen molar-refractivity contribution < 1.29 is 10.2 Å². The molecule has 0 spiro atoms. The first-order valence-corrected chi connectivity index (χ1v) is 8.59. The van der Waals surface area contributed by atoms with Crippen molar-refractivity contribution in [1.82, 2.24) is 0 Å². The molecule has 24 heavy (non-hydrogen) atoms.